The van der Waals surface area contributed by atoms with Crippen molar-refractivity contribution in [1.82, 2.24) is 0 Å². The first-order valence-corrected chi connectivity index (χ1v) is 6.71. The summed E-state index contributed by atoms with van der Waals surface area (Å²) < 4.78 is 4.72. The number of thioether (sulfide) groups is 1. The predicted molar refractivity (Wildman–Crippen MR) is 71.4 cm³/mol. The Labute approximate surface area is 114 Å². The number of nitrogens with zero attached hydrogens (tertiary/aromatic N) is 1. The third kappa shape index (κ3) is 5.09. The van der Waals surface area contributed by atoms with Crippen molar-refractivity contribution in [2.45, 2.75) is 6.92 Å². The second kappa shape index (κ2) is 7.52. The Balaban J connectivity index is 2.52. The van der Waals surface area contributed by atoms with Gasteiger partial charge in [0.05, 0.1) is 23.0 Å². The summed E-state index contributed by atoms with van der Waals surface area (Å²) in [6.07, 6.45) is 0. The molecule has 6 nitrogen and oxygen atoms in total. The molecule has 0 N–H and O–H groups in total. The molecule has 1 aromatic rings. The van der Waals surface area contributed by atoms with Crippen LogP contribution in [0.5, 0.6) is 0 Å². The maximum Gasteiger partial charge on any atom is 0.315 e. The van der Waals surface area contributed by atoms with Gasteiger partial charge in [0, 0.05) is 17.7 Å². The minimum atomic E-state index is -0.553. The van der Waals surface area contributed by atoms with Gasteiger partial charge in [0.1, 0.15) is 0 Å². The molecular weight excluding hydrogens is 270 g/mol. The van der Waals surface area contributed by atoms with E-state index in [1.807, 2.05) is 0 Å². The molecule has 7 heteroatoms. The number of nitro benzene ring substituents is 1. The van der Waals surface area contributed by atoms with Crippen LogP contribution < -0.4 is 0 Å². The largest absolute Gasteiger partial charge is 0.465 e. The highest BCUT2D eigenvalue weighted by molar-refractivity contribution is 8.00. The van der Waals surface area contributed by atoms with Gasteiger partial charge in [0.25, 0.3) is 5.69 Å². The number of esters is 1. The van der Waals surface area contributed by atoms with Gasteiger partial charge in [-0.05, 0) is 6.92 Å². The molecule has 19 heavy (non-hydrogen) atoms. The molecule has 0 aliphatic rings. The average molecular weight is 283 g/mol. The molecule has 1 aromatic carbocycles. The number of benzene rings is 1. The number of nitro groups is 1. The number of ketones is 1. The second-order valence-electron chi connectivity index (χ2n) is 3.53. The molecule has 0 fully saturated rings. The molecule has 1 rings (SSSR count). The lowest BCUT2D eigenvalue weighted by Crippen LogP contribution is -2.10. The molecule has 0 saturated carbocycles. The number of hydrogen-bond donors (Lipinski definition) is 0. The van der Waals surface area contributed by atoms with Crippen molar-refractivity contribution in [1.29, 1.82) is 0 Å². The van der Waals surface area contributed by atoms with Crippen LogP contribution in [-0.4, -0.2) is 34.8 Å². The molecule has 0 spiro atoms. The van der Waals surface area contributed by atoms with Crippen LogP contribution in [-0.2, 0) is 9.53 Å². The van der Waals surface area contributed by atoms with E-state index < -0.39 is 4.92 Å². The Kier molecular flexibility index (Phi) is 6.01. The highest BCUT2D eigenvalue weighted by atomic mass is 32.2. The summed E-state index contributed by atoms with van der Waals surface area (Å²) in [6.45, 7) is 2.01. The molecule has 0 aromatic heterocycles. The van der Waals surface area contributed by atoms with E-state index in [0.717, 1.165) is 11.8 Å². The SMILES string of the molecule is CCOC(=O)CSCC(=O)c1cccc([N+](=O)[O-])c1. The fourth-order valence-electron chi connectivity index (χ4n) is 1.31. The van der Waals surface area contributed by atoms with E-state index in [4.69, 9.17) is 4.74 Å². The zero-order valence-electron chi connectivity index (χ0n) is 10.3. The molecule has 0 saturated heterocycles. The molecule has 0 amide bonds. The van der Waals surface area contributed by atoms with E-state index in [1.165, 1.54) is 24.3 Å². The maximum atomic E-state index is 11.8. The van der Waals surface area contributed by atoms with Crippen LogP contribution in [0.3, 0.4) is 0 Å². The summed E-state index contributed by atoms with van der Waals surface area (Å²) in [7, 11) is 0. The van der Waals surface area contributed by atoms with Crippen LogP contribution in [0.15, 0.2) is 24.3 Å². The smallest absolute Gasteiger partial charge is 0.315 e. The van der Waals surface area contributed by atoms with Crippen molar-refractivity contribution in [2.24, 2.45) is 0 Å². The van der Waals surface area contributed by atoms with Crippen molar-refractivity contribution in [2.75, 3.05) is 18.1 Å². The zero-order chi connectivity index (χ0) is 14.3. The van der Waals surface area contributed by atoms with Gasteiger partial charge in [-0.1, -0.05) is 12.1 Å². The standard InChI is InChI=1S/C12H13NO5S/c1-2-18-12(15)8-19-7-11(14)9-4-3-5-10(6-9)13(16)17/h3-6H,2,7-8H2,1H3. The lowest BCUT2D eigenvalue weighted by molar-refractivity contribution is -0.384. The summed E-state index contributed by atoms with van der Waals surface area (Å²) in [5, 5.41) is 10.6. The van der Waals surface area contributed by atoms with Gasteiger partial charge in [-0.25, -0.2) is 0 Å². The third-order valence-corrected chi connectivity index (χ3v) is 3.04. The van der Waals surface area contributed by atoms with E-state index in [-0.39, 0.29) is 34.5 Å². The van der Waals surface area contributed by atoms with E-state index in [2.05, 4.69) is 0 Å². The number of hydrogen-bond acceptors (Lipinski definition) is 6. The monoisotopic (exact) mass is 283 g/mol. The molecule has 102 valence electrons. The van der Waals surface area contributed by atoms with E-state index in [0.29, 0.717) is 6.61 Å². The maximum absolute atomic E-state index is 11.8. The predicted octanol–water partition coefficient (Wildman–Crippen LogP) is 2.07. The average Bonchev–Trinajstić information content (AvgIpc) is 2.39. The molecule has 0 bridgehead atoms. The Hall–Kier alpha value is -1.89. The van der Waals surface area contributed by atoms with E-state index in [9.17, 15) is 19.7 Å². The van der Waals surface area contributed by atoms with Crippen LogP contribution in [0, 0.1) is 10.1 Å². The Morgan fingerprint density at radius 2 is 2.11 bits per heavy atom. The topological polar surface area (TPSA) is 86.5 Å². The molecule has 0 aliphatic carbocycles. The summed E-state index contributed by atoms with van der Waals surface area (Å²) >= 11 is 1.12. The van der Waals surface area contributed by atoms with Gasteiger partial charge >= 0.3 is 5.97 Å². The molecular formula is C12H13NO5S. The molecule has 0 aliphatic heterocycles. The minimum Gasteiger partial charge on any atom is -0.465 e. The van der Waals surface area contributed by atoms with E-state index >= 15 is 0 Å². The molecule has 0 unspecified atom stereocenters. The number of Topliss-reactive ketones (excluding diaryl/α,β-unsaturated/α-hetero) is 1. The quantitative estimate of drug-likeness (QED) is 0.329. The van der Waals surface area contributed by atoms with Crippen LogP contribution in [0.25, 0.3) is 0 Å². The van der Waals surface area contributed by atoms with Crippen LogP contribution in [0.2, 0.25) is 0 Å². The zero-order valence-corrected chi connectivity index (χ0v) is 11.1. The fraction of sp³-hybridized carbons (Fsp3) is 0.333. The van der Waals surface area contributed by atoms with Crippen LogP contribution in [0.1, 0.15) is 17.3 Å². The number of carbonyl (C=O) groups is 2. The van der Waals surface area contributed by atoms with Crippen LogP contribution >= 0.6 is 11.8 Å². The Morgan fingerprint density at radius 1 is 1.37 bits per heavy atom. The highest BCUT2D eigenvalue weighted by Crippen LogP contribution is 2.15. The number of non-ortho nitro benzene ring substituents is 1. The third-order valence-electron chi connectivity index (χ3n) is 2.14. The van der Waals surface area contributed by atoms with Gasteiger partial charge in [-0.3, -0.25) is 19.7 Å². The molecule has 0 radical (unpaired) electrons. The summed E-state index contributed by atoms with van der Waals surface area (Å²) in [5.74, 6) is -0.452. The van der Waals surface area contributed by atoms with Gasteiger partial charge in [-0.15, -0.1) is 11.8 Å². The van der Waals surface area contributed by atoms with Crippen molar-refractivity contribution < 1.29 is 19.2 Å². The normalized spacial score (nSPS) is 9.95. The number of rotatable bonds is 7. The van der Waals surface area contributed by atoms with Gasteiger partial charge < -0.3 is 4.74 Å². The van der Waals surface area contributed by atoms with Crippen molar-refractivity contribution in [3.63, 3.8) is 0 Å². The van der Waals surface area contributed by atoms with Crippen molar-refractivity contribution in [3.8, 4) is 0 Å². The Bertz CT molecular complexity index is 489. The lowest BCUT2D eigenvalue weighted by atomic mass is 10.1. The van der Waals surface area contributed by atoms with Crippen LogP contribution in [0.4, 0.5) is 5.69 Å². The van der Waals surface area contributed by atoms with Gasteiger partial charge in [0.15, 0.2) is 5.78 Å². The number of carbonyl (C=O) groups excluding carboxylic acids is 2. The van der Waals surface area contributed by atoms with Crippen molar-refractivity contribution in [3.05, 3.63) is 39.9 Å². The second-order valence-corrected chi connectivity index (χ2v) is 4.51. The Morgan fingerprint density at radius 3 is 2.74 bits per heavy atom. The minimum absolute atomic E-state index is 0.0833. The van der Waals surface area contributed by atoms with Gasteiger partial charge in [0.2, 0.25) is 0 Å². The first kappa shape index (κ1) is 15.2. The summed E-state index contributed by atoms with van der Waals surface area (Å²) in [4.78, 5) is 32.8. The number of ether oxygens (including phenoxy) is 1. The molecule has 0 heterocycles. The first-order chi connectivity index (χ1) is 9.04. The molecule has 0 atom stereocenters. The first-order valence-electron chi connectivity index (χ1n) is 5.55. The summed E-state index contributed by atoms with van der Waals surface area (Å²) in [5.41, 5.74) is 0.145. The van der Waals surface area contributed by atoms with Crippen molar-refractivity contribution >= 4 is 29.2 Å². The van der Waals surface area contributed by atoms with Gasteiger partial charge in [-0.2, -0.15) is 0 Å². The highest BCUT2D eigenvalue weighted by Gasteiger charge is 2.12. The summed E-state index contributed by atoms with van der Waals surface area (Å²) in [6, 6.07) is 5.53. The van der Waals surface area contributed by atoms with E-state index in [1.54, 1.807) is 6.92 Å². The lowest BCUT2D eigenvalue weighted by Gasteiger charge is -2.02. The fourth-order valence-corrected chi connectivity index (χ4v) is 2.01.